The van der Waals surface area contributed by atoms with Gasteiger partial charge < -0.3 is 9.73 Å². The summed E-state index contributed by atoms with van der Waals surface area (Å²) >= 11 is 3.02. The Balaban J connectivity index is 1.56. The van der Waals surface area contributed by atoms with Crippen LogP contribution in [0.2, 0.25) is 0 Å². The number of nitrogens with zero attached hydrogens (tertiary/aromatic N) is 3. The van der Waals surface area contributed by atoms with Crippen molar-refractivity contribution < 1.29 is 9.21 Å². The largest absolute Gasteiger partial charge is 0.460 e. The van der Waals surface area contributed by atoms with Crippen LogP contribution in [0.5, 0.6) is 0 Å². The van der Waals surface area contributed by atoms with Gasteiger partial charge in [0.2, 0.25) is 5.91 Å². The van der Waals surface area contributed by atoms with E-state index in [1.807, 2.05) is 56.5 Å². The van der Waals surface area contributed by atoms with E-state index in [-0.39, 0.29) is 11.7 Å². The van der Waals surface area contributed by atoms with E-state index in [0.717, 1.165) is 45.2 Å². The van der Waals surface area contributed by atoms with Crippen molar-refractivity contribution >= 4 is 51.7 Å². The molecule has 0 spiro atoms. The second kappa shape index (κ2) is 7.89. The highest BCUT2D eigenvalue weighted by Gasteiger charge is 2.16. The van der Waals surface area contributed by atoms with E-state index in [4.69, 9.17) is 4.42 Å². The summed E-state index contributed by atoms with van der Waals surface area (Å²) in [5, 5.41) is 12.4. The van der Waals surface area contributed by atoms with E-state index in [1.54, 1.807) is 11.8 Å². The molecule has 1 N–H and O–H groups in total. The van der Waals surface area contributed by atoms with Crippen LogP contribution in [0, 0.1) is 6.92 Å². The number of fused-ring (bicyclic) bond motifs is 3. The molecule has 8 heteroatoms. The van der Waals surface area contributed by atoms with Gasteiger partial charge in [-0.3, -0.25) is 9.20 Å². The summed E-state index contributed by atoms with van der Waals surface area (Å²) in [5.41, 5.74) is 3.51. The van der Waals surface area contributed by atoms with Crippen LogP contribution in [0.3, 0.4) is 0 Å². The van der Waals surface area contributed by atoms with Crippen LogP contribution in [-0.2, 0) is 11.2 Å². The van der Waals surface area contributed by atoms with Crippen LogP contribution in [0.15, 0.2) is 50.7 Å². The molecule has 3 heterocycles. The predicted molar refractivity (Wildman–Crippen MR) is 114 cm³/mol. The number of aromatic nitrogens is 3. The summed E-state index contributed by atoms with van der Waals surface area (Å²) in [5.74, 6) is 1.91. The number of thioether (sulfide) groups is 2. The molecular formula is C20H20N4O2S2. The number of carbonyl (C=O) groups excluding carboxylic acids is 1. The van der Waals surface area contributed by atoms with Gasteiger partial charge in [-0.2, -0.15) is 0 Å². The molecule has 0 bridgehead atoms. The summed E-state index contributed by atoms with van der Waals surface area (Å²) in [6, 6.07) is 11.8. The molecule has 4 aromatic rings. The molecule has 28 heavy (non-hydrogen) atoms. The summed E-state index contributed by atoms with van der Waals surface area (Å²) in [7, 11) is 0. The number of rotatable bonds is 6. The zero-order valence-electron chi connectivity index (χ0n) is 15.9. The normalized spacial score (nSPS) is 11.4. The molecule has 144 valence electrons. The van der Waals surface area contributed by atoms with Gasteiger partial charge in [0.15, 0.2) is 5.58 Å². The van der Waals surface area contributed by atoms with Crippen molar-refractivity contribution in [3.8, 4) is 0 Å². The van der Waals surface area contributed by atoms with E-state index in [9.17, 15) is 4.79 Å². The molecule has 4 rings (SSSR count). The van der Waals surface area contributed by atoms with Gasteiger partial charge in [-0.25, -0.2) is 0 Å². The summed E-state index contributed by atoms with van der Waals surface area (Å²) < 4.78 is 7.84. The molecule has 0 aliphatic heterocycles. The van der Waals surface area contributed by atoms with E-state index in [1.165, 1.54) is 11.8 Å². The Morgan fingerprint density at radius 1 is 1.21 bits per heavy atom. The van der Waals surface area contributed by atoms with Crippen molar-refractivity contribution in [2.24, 2.45) is 0 Å². The molecule has 0 saturated heterocycles. The number of furan rings is 1. The number of aryl methyl sites for hydroxylation is 2. The number of amides is 1. The molecule has 0 fully saturated rings. The summed E-state index contributed by atoms with van der Waals surface area (Å²) in [6.07, 6.45) is 2.77. The predicted octanol–water partition coefficient (Wildman–Crippen LogP) is 4.80. The van der Waals surface area contributed by atoms with Crippen molar-refractivity contribution in [3.05, 3.63) is 48.0 Å². The first-order valence-electron chi connectivity index (χ1n) is 8.93. The first kappa shape index (κ1) is 18.9. The van der Waals surface area contributed by atoms with Gasteiger partial charge in [0.25, 0.3) is 0 Å². The highest BCUT2D eigenvalue weighted by Crippen LogP contribution is 2.30. The number of hydrogen-bond acceptors (Lipinski definition) is 6. The average Bonchev–Trinajstić information content (AvgIpc) is 3.22. The lowest BCUT2D eigenvalue weighted by Gasteiger charge is -2.08. The van der Waals surface area contributed by atoms with E-state index >= 15 is 0 Å². The second-order valence-electron chi connectivity index (χ2n) is 6.32. The number of nitrogens with one attached hydrogen (secondary N) is 1. The zero-order valence-corrected chi connectivity index (χ0v) is 17.5. The summed E-state index contributed by atoms with van der Waals surface area (Å²) in [4.78, 5) is 13.5. The highest BCUT2D eigenvalue weighted by molar-refractivity contribution is 8.00. The standard InChI is InChI=1S/C20H20N4O2S2/c1-4-18-22-23-20(16-10-17-15(24(16)18)8-12(2)26-17)28-11-19(25)21-13-6-5-7-14(9-13)27-3/h5-10H,4,11H2,1-3H3,(H,21,25). The van der Waals surface area contributed by atoms with Crippen molar-refractivity contribution in [3.63, 3.8) is 0 Å². The summed E-state index contributed by atoms with van der Waals surface area (Å²) in [6.45, 7) is 3.98. The lowest BCUT2D eigenvalue weighted by Crippen LogP contribution is -2.14. The Labute approximate surface area is 171 Å². The maximum absolute atomic E-state index is 12.4. The Kier molecular flexibility index (Phi) is 5.32. The minimum absolute atomic E-state index is 0.0751. The maximum atomic E-state index is 12.4. The van der Waals surface area contributed by atoms with Gasteiger partial charge in [-0.05, 0) is 31.4 Å². The highest BCUT2D eigenvalue weighted by atomic mass is 32.2. The number of anilines is 1. The fraction of sp³-hybridized carbons (Fsp3) is 0.250. The smallest absolute Gasteiger partial charge is 0.234 e. The van der Waals surface area contributed by atoms with Crippen LogP contribution in [0.25, 0.3) is 16.6 Å². The van der Waals surface area contributed by atoms with E-state index < -0.39 is 0 Å². The van der Waals surface area contributed by atoms with Crippen LogP contribution in [0.1, 0.15) is 18.5 Å². The van der Waals surface area contributed by atoms with Gasteiger partial charge >= 0.3 is 0 Å². The number of benzene rings is 1. The molecule has 0 saturated carbocycles. The van der Waals surface area contributed by atoms with Crippen molar-refractivity contribution in [2.75, 3.05) is 17.3 Å². The zero-order chi connectivity index (χ0) is 19.7. The first-order valence-corrected chi connectivity index (χ1v) is 11.1. The molecular weight excluding hydrogens is 392 g/mol. The molecule has 0 radical (unpaired) electrons. The van der Waals surface area contributed by atoms with Gasteiger partial charge in [0.1, 0.15) is 16.6 Å². The Morgan fingerprint density at radius 3 is 2.86 bits per heavy atom. The molecule has 1 aromatic carbocycles. The minimum atomic E-state index is -0.0751. The monoisotopic (exact) mass is 412 g/mol. The molecule has 1 amide bonds. The topological polar surface area (TPSA) is 72.4 Å². The molecule has 0 aliphatic rings. The molecule has 3 aromatic heterocycles. The van der Waals surface area contributed by atoms with Gasteiger partial charge in [0.05, 0.1) is 16.8 Å². The van der Waals surface area contributed by atoms with Crippen molar-refractivity contribution in [1.82, 2.24) is 14.6 Å². The third kappa shape index (κ3) is 3.62. The number of hydrogen-bond donors (Lipinski definition) is 1. The van der Waals surface area contributed by atoms with Gasteiger partial charge in [-0.15, -0.1) is 22.0 Å². The Hall–Kier alpha value is -2.45. The molecule has 0 atom stereocenters. The van der Waals surface area contributed by atoms with Crippen LogP contribution in [-0.4, -0.2) is 32.5 Å². The van der Waals surface area contributed by atoms with Crippen LogP contribution >= 0.6 is 23.5 Å². The lowest BCUT2D eigenvalue weighted by atomic mass is 10.3. The van der Waals surface area contributed by atoms with Crippen molar-refractivity contribution in [2.45, 2.75) is 30.2 Å². The van der Waals surface area contributed by atoms with Crippen LogP contribution in [0.4, 0.5) is 5.69 Å². The fourth-order valence-corrected chi connectivity index (χ4v) is 4.31. The first-order chi connectivity index (χ1) is 13.6. The SMILES string of the molecule is CCc1nnc(SCC(=O)Nc2cccc(SC)c2)c2cc3oc(C)cc3n12. The third-order valence-corrected chi connectivity index (χ3v) is 6.05. The Morgan fingerprint density at radius 2 is 2.07 bits per heavy atom. The van der Waals surface area contributed by atoms with E-state index in [0.29, 0.717) is 5.03 Å². The van der Waals surface area contributed by atoms with Crippen molar-refractivity contribution in [1.29, 1.82) is 0 Å². The Bertz CT molecular complexity index is 1170. The molecule has 6 nitrogen and oxygen atoms in total. The molecule has 0 unspecified atom stereocenters. The maximum Gasteiger partial charge on any atom is 0.234 e. The lowest BCUT2D eigenvalue weighted by molar-refractivity contribution is -0.113. The third-order valence-electron chi connectivity index (χ3n) is 4.36. The minimum Gasteiger partial charge on any atom is -0.460 e. The average molecular weight is 413 g/mol. The van der Waals surface area contributed by atoms with E-state index in [2.05, 4.69) is 19.9 Å². The second-order valence-corrected chi connectivity index (χ2v) is 8.16. The van der Waals surface area contributed by atoms with Crippen LogP contribution < -0.4 is 5.32 Å². The van der Waals surface area contributed by atoms with Gasteiger partial charge in [-0.1, -0.05) is 24.8 Å². The fourth-order valence-electron chi connectivity index (χ4n) is 3.11. The number of carbonyl (C=O) groups is 1. The molecule has 0 aliphatic carbocycles. The van der Waals surface area contributed by atoms with Gasteiger partial charge in [0, 0.05) is 29.1 Å². The quantitative estimate of drug-likeness (QED) is 0.459.